The molecular formula is C13H17BrO. The first-order valence-electron chi connectivity index (χ1n) is 5.65. The Morgan fingerprint density at radius 1 is 1.40 bits per heavy atom. The molecule has 0 saturated carbocycles. The molecule has 0 amide bonds. The molecule has 1 aromatic rings. The van der Waals surface area contributed by atoms with E-state index in [1.54, 1.807) is 0 Å². The molecule has 1 aliphatic heterocycles. The van der Waals surface area contributed by atoms with Crippen molar-refractivity contribution in [2.75, 3.05) is 6.61 Å². The third-order valence-electron chi connectivity index (χ3n) is 3.00. The van der Waals surface area contributed by atoms with Crippen molar-refractivity contribution in [2.24, 2.45) is 0 Å². The predicted octanol–water partition coefficient (Wildman–Crippen LogP) is 3.86. The van der Waals surface area contributed by atoms with Crippen LogP contribution in [0.1, 0.15) is 35.7 Å². The highest BCUT2D eigenvalue weighted by atomic mass is 79.9. The first-order valence-corrected chi connectivity index (χ1v) is 6.57. The van der Waals surface area contributed by atoms with Gasteiger partial charge in [-0.3, -0.25) is 0 Å². The van der Waals surface area contributed by atoms with Crippen molar-refractivity contribution in [2.45, 2.75) is 37.1 Å². The molecule has 1 fully saturated rings. The van der Waals surface area contributed by atoms with Gasteiger partial charge in [-0.1, -0.05) is 47.1 Å². The highest BCUT2D eigenvalue weighted by Crippen LogP contribution is 2.33. The molecule has 0 aromatic heterocycles. The minimum Gasteiger partial charge on any atom is -0.377 e. The fourth-order valence-electron chi connectivity index (χ4n) is 1.99. The van der Waals surface area contributed by atoms with Crippen molar-refractivity contribution in [1.82, 2.24) is 0 Å². The van der Waals surface area contributed by atoms with Crippen LogP contribution in [-0.4, -0.2) is 12.7 Å². The lowest BCUT2D eigenvalue weighted by molar-refractivity contribution is 0.110. The summed E-state index contributed by atoms with van der Waals surface area (Å²) in [6, 6.07) is 8.83. The lowest BCUT2D eigenvalue weighted by Gasteiger charge is -2.17. The normalized spacial score (nSPS) is 22.9. The average Bonchev–Trinajstić information content (AvgIpc) is 2.82. The van der Waals surface area contributed by atoms with Crippen LogP contribution in [0.15, 0.2) is 24.3 Å². The zero-order valence-corrected chi connectivity index (χ0v) is 10.7. The molecule has 82 valence electrons. The van der Waals surface area contributed by atoms with Crippen molar-refractivity contribution in [1.29, 1.82) is 0 Å². The molecule has 2 unspecified atom stereocenters. The number of alkyl halides is 1. The van der Waals surface area contributed by atoms with E-state index in [4.69, 9.17) is 4.74 Å². The second kappa shape index (κ2) is 5.13. The van der Waals surface area contributed by atoms with Crippen LogP contribution in [0.4, 0.5) is 0 Å². The second-order valence-corrected chi connectivity index (χ2v) is 5.03. The summed E-state index contributed by atoms with van der Waals surface area (Å²) >= 11 is 3.73. The van der Waals surface area contributed by atoms with Gasteiger partial charge in [-0.2, -0.15) is 0 Å². The summed E-state index contributed by atoms with van der Waals surface area (Å²) in [5.41, 5.74) is 2.73. The molecule has 0 bridgehead atoms. The summed E-state index contributed by atoms with van der Waals surface area (Å²) in [4.78, 5) is 0.353. The van der Waals surface area contributed by atoms with Crippen LogP contribution < -0.4 is 0 Å². The van der Waals surface area contributed by atoms with Crippen LogP contribution in [0.3, 0.4) is 0 Å². The molecule has 1 nitrogen and oxygen atoms in total. The maximum atomic E-state index is 5.68. The van der Waals surface area contributed by atoms with E-state index in [9.17, 15) is 0 Å². The number of hydrogen-bond acceptors (Lipinski definition) is 1. The maximum Gasteiger partial charge on any atom is 0.0741 e. The molecule has 1 saturated heterocycles. The van der Waals surface area contributed by atoms with Gasteiger partial charge in [0.1, 0.15) is 0 Å². The summed E-state index contributed by atoms with van der Waals surface area (Å²) in [7, 11) is 0. The topological polar surface area (TPSA) is 9.23 Å². The number of benzene rings is 1. The van der Waals surface area contributed by atoms with Gasteiger partial charge < -0.3 is 4.74 Å². The Labute approximate surface area is 100.0 Å². The van der Waals surface area contributed by atoms with Gasteiger partial charge in [-0.15, -0.1) is 0 Å². The molecule has 0 N–H and O–H groups in total. The van der Waals surface area contributed by atoms with Crippen molar-refractivity contribution in [3.8, 4) is 0 Å². The minimum atomic E-state index is 0.353. The van der Waals surface area contributed by atoms with E-state index in [0.717, 1.165) is 13.0 Å². The fraction of sp³-hybridized carbons (Fsp3) is 0.538. The van der Waals surface area contributed by atoms with Gasteiger partial charge in [0.25, 0.3) is 0 Å². The average molecular weight is 269 g/mol. The molecule has 2 heteroatoms. The van der Waals surface area contributed by atoms with Crippen LogP contribution >= 0.6 is 15.9 Å². The Kier molecular flexibility index (Phi) is 3.81. The second-order valence-electron chi connectivity index (χ2n) is 4.05. The maximum absolute atomic E-state index is 5.68. The van der Waals surface area contributed by atoms with Gasteiger partial charge in [0.15, 0.2) is 0 Å². The first kappa shape index (κ1) is 11.2. The van der Waals surface area contributed by atoms with Crippen LogP contribution in [-0.2, 0) is 11.2 Å². The van der Waals surface area contributed by atoms with Crippen molar-refractivity contribution >= 4 is 15.9 Å². The minimum absolute atomic E-state index is 0.353. The summed E-state index contributed by atoms with van der Waals surface area (Å²) in [5, 5.41) is 0. The van der Waals surface area contributed by atoms with Crippen molar-refractivity contribution in [3.05, 3.63) is 35.4 Å². The van der Waals surface area contributed by atoms with Gasteiger partial charge >= 0.3 is 0 Å². The Balaban J connectivity index is 2.07. The number of halogens is 1. The van der Waals surface area contributed by atoms with Crippen LogP contribution in [0.5, 0.6) is 0 Å². The molecule has 0 aliphatic carbocycles. The van der Waals surface area contributed by atoms with Crippen molar-refractivity contribution in [3.63, 3.8) is 0 Å². The Bertz CT molecular complexity index is 301. The highest BCUT2D eigenvalue weighted by Gasteiger charge is 2.24. The van der Waals surface area contributed by atoms with E-state index in [1.165, 1.54) is 24.0 Å². The van der Waals surface area contributed by atoms with Gasteiger partial charge in [-0.05, 0) is 30.4 Å². The highest BCUT2D eigenvalue weighted by molar-refractivity contribution is 9.09. The molecule has 1 heterocycles. The van der Waals surface area contributed by atoms with E-state index >= 15 is 0 Å². The molecular weight excluding hydrogens is 252 g/mol. The lowest BCUT2D eigenvalue weighted by atomic mass is 10.0. The van der Waals surface area contributed by atoms with E-state index < -0.39 is 0 Å². The third kappa shape index (κ3) is 2.61. The Morgan fingerprint density at radius 2 is 2.13 bits per heavy atom. The number of ether oxygens (including phenoxy) is 1. The summed E-state index contributed by atoms with van der Waals surface area (Å²) < 4.78 is 5.68. The molecule has 0 spiro atoms. The Hall–Kier alpha value is -0.340. The third-order valence-corrected chi connectivity index (χ3v) is 4.12. The monoisotopic (exact) mass is 268 g/mol. The number of hydrogen-bond donors (Lipinski definition) is 0. The molecule has 2 rings (SSSR count). The van der Waals surface area contributed by atoms with Gasteiger partial charge in [-0.25, -0.2) is 0 Å². The van der Waals surface area contributed by atoms with Crippen molar-refractivity contribution < 1.29 is 4.74 Å². The van der Waals surface area contributed by atoms with E-state index in [-0.39, 0.29) is 0 Å². The SMILES string of the molecule is CCc1ccc(C(Br)C2CCCO2)cc1. The van der Waals surface area contributed by atoms with Crippen LogP contribution in [0.2, 0.25) is 0 Å². The number of aryl methyl sites for hydroxylation is 1. The van der Waals surface area contributed by atoms with Gasteiger partial charge in [0, 0.05) is 6.61 Å². The smallest absolute Gasteiger partial charge is 0.0741 e. The van der Waals surface area contributed by atoms with Crippen LogP contribution in [0.25, 0.3) is 0 Å². The quantitative estimate of drug-likeness (QED) is 0.757. The summed E-state index contributed by atoms with van der Waals surface area (Å²) in [6.45, 7) is 3.10. The van der Waals surface area contributed by atoms with Gasteiger partial charge in [0.05, 0.1) is 10.9 Å². The molecule has 0 radical (unpaired) electrons. The summed E-state index contributed by atoms with van der Waals surface area (Å²) in [6.07, 6.45) is 3.83. The van der Waals surface area contributed by atoms with Crippen LogP contribution in [0, 0.1) is 0 Å². The number of rotatable bonds is 3. The largest absolute Gasteiger partial charge is 0.377 e. The standard InChI is InChI=1S/C13H17BrO/c1-2-10-5-7-11(8-6-10)13(14)12-4-3-9-15-12/h5-8,12-13H,2-4,9H2,1H3. The van der Waals surface area contributed by atoms with Gasteiger partial charge in [0.2, 0.25) is 0 Å². The van der Waals surface area contributed by atoms with E-state index in [2.05, 4.69) is 47.1 Å². The molecule has 1 aromatic carbocycles. The van der Waals surface area contributed by atoms with E-state index in [1.807, 2.05) is 0 Å². The molecule has 2 atom stereocenters. The van der Waals surface area contributed by atoms with E-state index in [0.29, 0.717) is 10.9 Å². The zero-order valence-electron chi connectivity index (χ0n) is 9.08. The lowest BCUT2D eigenvalue weighted by Crippen LogP contribution is -2.12. The predicted molar refractivity (Wildman–Crippen MR) is 66.5 cm³/mol. The fourth-order valence-corrected chi connectivity index (χ4v) is 2.71. The first-order chi connectivity index (χ1) is 7.31. The Morgan fingerprint density at radius 3 is 2.67 bits per heavy atom. The summed E-state index contributed by atoms with van der Waals surface area (Å²) in [5.74, 6) is 0. The molecule has 1 aliphatic rings. The zero-order chi connectivity index (χ0) is 10.7. The molecule has 15 heavy (non-hydrogen) atoms.